The quantitative estimate of drug-likeness (QED) is 0.440. The second-order valence-electron chi connectivity index (χ2n) is 5.39. The number of carbonyl (C=O) groups excluding carboxylic acids is 2. The Labute approximate surface area is 125 Å². The van der Waals surface area contributed by atoms with Gasteiger partial charge in [0.1, 0.15) is 18.5 Å². The lowest BCUT2D eigenvalue weighted by molar-refractivity contribution is -0.117. The third kappa shape index (κ3) is 4.39. The number of carbonyl (C=O) groups is 2. The highest BCUT2D eigenvalue weighted by Gasteiger charge is 2.37. The lowest BCUT2D eigenvalue weighted by Gasteiger charge is -2.18. The van der Waals surface area contributed by atoms with E-state index in [0.717, 1.165) is 32.0 Å². The molecule has 4 nitrogen and oxygen atoms in total. The summed E-state index contributed by atoms with van der Waals surface area (Å²) >= 11 is 0. The molecule has 1 heterocycles. The fourth-order valence-corrected chi connectivity index (χ4v) is 2.59. The zero-order chi connectivity index (χ0) is 15.1. The topological polar surface area (TPSA) is 52.6 Å². The smallest absolute Gasteiger partial charge is 0.338 e. The Balaban J connectivity index is 1.95. The van der Waals surface area contributed by atoms with Gasteiger partial charge in [0.25, 0.3) is 0 Å². The minimum atomic E-state index is -0.454. The summed E-state index contributed by atoms with van der Waals surface area (Å²) < 4.78 is 11.2. The molecule has 3 atom stereocenters. The molecule has 114 valence electrons. The summed E-state index contributed by atoms with van der Waals surface area (Å²) in [5.41, 5.74) is 0.527. The molecule has 0 aromatic heterocycles. The molecule has 1 aliphatic rings. The van der Waals surface area contributed by atoms with Crippen LogP contribution in [-0.4, -0.2) is 30.6 Å². The van der Waals surface area contributed by atoms with E-state index in [1.165, 1.54) is 0 Å². The number of benzene rings is 1. The average Bonchev–Trinajstić information content (AvgIpc) is 2.90. The molecule has 0 aliphatic carbocycles. The summed E-state index contributed by atoms with van der Waals surface area (Å²) in [7, 11) is 0. The van der Waals surface area contributed by atoms with Crippen molar-refractivity contribution in [2.45, 2.75) is 57.3 Å². The van der Waals surface area contributed by atoms with E-state index in [-0.39, 0.29) is 18.2 Å². The van der Waals surface area contributed by atoms with Crippen molar-refractivity contribution < 1.29 is 19.1 Å². The monoisotopic (exact) mass is 290 g/mol. The molecule has 1 aromatic rings. The van der Waals surface area contributed by atoms with Gasteiger partial charge in [0.2, 0.25) is 0 Å². The van der Waals surface area contributed by atoms with E-state index in [2.05, 4.69) is 6.92 Å². The average molecular weight is 290 g/mol. The van der Waals surface area contributed by atoms with E-state index in [1.807, 2.05) is 6.07 Å². The van der Waals surface area contributed by atoms with Crippen molar-refractivity contribution in [2.75, 3.05) is 0 Å². The molecule has 1 aliphatic heterocycles. The molecule has 0 saturated carbocycles. The van der Waals surface area contributed by atoms with Crippen LogP contribution in [0.5, 0.6) is 0 Å². The molecule has 0 N–H and O–H groups in total. The van der Waals surface area contributed by atoms with Gasteiger partial charge >= 0.3 is 5.97 Å². The number of rotatable bonds is 7. The first-order chi connectivity index (χ1) is 10.2. The van der Waals surface area contributed by atoms with E-state index in [4.69, 9.17) is 9.47 Å². The van der Waals surface area contributed by atoms with Crippen molar-refractivity contribution in [3.63, 3.8) is 0 Å². The molecule has 1 saturated heterocycles. The van der Waals surface area contributed by atoms with Crippen LogP contribution >= 0.6 is 0 Å². The fraction of sp³-hybridized carbons (Fsp3) is 0.529. The third-order valence-corrected chi connectivity index (χ3v) is 3.74. The molecule has 0 unspecified atom stereocenters. The van der Waals surface area contributed by atoms with Crippen LogP contribution in [-0.2, 0) is 14.3 Å². The number of esters is 1. The van der Waals surface area contributed by atoms with Gasteiger partial charge < -0.3 is 14.3 Å². The number of aldehydes is 1. The summed E-state index contributed by atoms with van der Waals surface area (Å²) in [6.45, 7) is 2.14. The molecule has 0 spiro atoms. The lowest BCUT2D eigenvalue weighted by atomic mass is 10.0. The van der Waals surface area contributed by atoms with E-state index in [0.29, 0.717) is 12.0 Å². The van der Waals surface area contributed by atoms with Gasteiger partial charge in [0.15, 0.2) is 0 Å². The third-order valence-electron chi connectivity index (χ3n) is 3.74. The van der Waals surface area contributed by atoms with Gasteiger partial charge in [-0.2, -0.15) is 0 Å². The normalized spacial score (nSPS) is 24.7. The van der Waals surface area contributed by atoms with Crippen LogP contribution < -0.4 is 0 Å². The summed E-state index contributed by atoms with van der Waals surface area (Å²) in [6, 6.07) is 8.90. The van der Waals surface area contributed by atoms with Gasteiger partial charge in [-0.3, -0.25) is 0 Å². The second-order valence-corrected chi connectivity index (χ2v) is 5.39. The van der Waals surface area contributed by atoms with Gasteiger partial charge in [-0.25, -0.2) is 4.79 Å². The highest BCUT2D eigenvalue weighted by atomic mass is 16.6. The highest BCUT2D eigenvalue weighted by molar-refractivity contribution is 5.89. The first-order valence-corrected chi connectivity index (χ1v) is 7.61. The minimum absolute atomic E-state index is 0.167. The summed E-state index contributed by atoms with van der Waals surface area (Å²) in [5, 5.41) is 0. The van der Waals surface area contributed by atoms with Crippen LogP contribution in [0.4, 0.5) is 0 Å². The first kappa shape index (κ1) is 15.7. The Hall–Kier alpha value is -1.68. The Bertz CT molecular complexity index is 457. The van der Waals surface area contributed by atoms with E-state index < -0.39 is 6.10 Å². The molecule has 0 amide bonds. The predicted octanol–water partition coefficient (Wildman–Crippen LogP) is 3.15. The number of unbranched alkanes of at least 4 members (excludes halogenated alkanes) is 2. The SMILES string of the molecule is CCCCC[C@@H]1O[C@@H](C=O)C[C@@H]1OC(=O)c1ccccc1. The zero-order valence-corrected chi connectivity index (χ0v) is 12.4. The van der Waals surface area contributed by atoms with Gasteiger partial charge in [-0.1, -0.05) is 44.4 Å². The van der Waals surface area contributed by atoms with Gasteiger partial charge in [-0.05, 0) is 18.6 Å². The van der Waals surface area contributed by atoms with Crippen LogP contribution in [0.25, 0.3) is 0 Å². The summed E-state index contributed by atoms with van der Waals surface area (Å²) in [5.74, 6) is -0.351. The molecule has 4 heteroatoms. The molecular weight excluding hydrogens is 268 g/mol. The van der Waals surface area contributed by atoms with E-state index in [1.54, 1.807) is 24.3 Å². The van der Waals surface area contributed by atoms with Crippen LogP contribution in [0.2, 0.25) is 0 Å². The van der Waals surface area contributed by atoms with Crippen LogP contribution in [0, 0.1) is 0 Å². The zero-order valence-electron chi connectivity index (χ0n) is 12.4. The minimum Gasteiger partial charge on any atom is -0.456 e. The van der Waals surface area contributed by atoms with Crippen molar-refractivity contribution in [1.29, 1.82) is 0 Å². The van der Waals surface area contributed by atoms with Crippen molar-refractivity contribution in [1.82, 2.24) is 0 Å². The number of hydrogen-bond acceptors (Lipinski definition) is 4. The Morgan fingerprint density at radius 1 is 1.33 bits per heavy atom. The molecule has 0 bridgehead atoms. The number of ether oxygens (including phenoxy) is 2. The Morgan fingerprint density at radius 3 is 2.76 bits per heavy atom. The fourth-order valence-electron chi connectivity index (χ4n) is 2.59. The number of hydrogen-bond donors (Lipinski definition) is 0. The summed E-state index contributed by atoms with van der Waals surface area (Å²) in [6.07, 6.45) is 4.39. The molecule has 21 heavy (non-hydrogen) atoms. The predicted molar refractivity (Wildman–Crippen MR) is 79.1 cm³/mol. The van der Waals surface area contributed by atoms with Gasteiger partial charge in [0, 0.05) is 6.42 Å². The standard InChI is InChI=1S/C17H22O4/c1-2-3-5-10-15-16(11-14(12-18)20-15)21-17(19)13-8-6-4-7-9-13/h4,6-9,12,14-16H,2-3,5,10-11H2,1H3/t14-,15+,16+/m1/s1. The van der Waals surface area contributed by atoms with Crippen LogP contribution in [0.3, 0.4) is 0 Å². The van der Waals surface area contributed by atoms with Crippen molar-refractivity contribution in [3.8, 4) is 0 Å². The molecular formula is C17H22O4. The molecule has 1 fully saturated rings. The Kier molecular flexibility index (Phi) is 5.93. The molecule has 2 rings (SSSR count). The maximum Gasteiger partial charge on any atom is 0.338 e. The Morgan fingerprint density at radius 2 is 2.10 bits per heavy atom. The van der Waals surface area contributed by atoms with Crippen LogP contribution in [0.1, 0.15) is 49.4 Å². The molecule has 1 aromatic carbocycles. The van der Waals surface area contributed by atoms with Crippen molar-refractivity contribution >= 4 is 12.3 Å². The van der Waals surface area contributed by atoms with Gasteiger partial charge in [0.05, 0.1) is 11.7 Å². The maximum absolute atomic E-state index is 12.1. The second kappa shape index (κ2) is 7.93. The lowest BCUT2D eigenvalue weighted by Crippen LogP contribution is -2.27. The van der Waals surface area contributed by atoms with Crippen LogP contribution in [0.15, 0.2) is 30.3 Å². The van der Waals surface area contributed by atoms with E-state index in [9.17, 15) is 9.59 Å². The summed E-state index contributed by atoms with van der Waals surface area (Å²) in [4.78, 5) is 23.0. The van der Waals surface area contributed by atoms with E-state index >= 15 is 0 Å². The first-order valence-electron chi connectivity index (χ1n) is 7.61. The molecule has 0 radical (unpaired) electrons. The van der Waals surface area contributed by atoms with Crippen molar-refractivity contribution in [2.24, 2.45) is 0 Å². The largest absolute Gasteiger partial charge is 0.456 e. The van der Waals surface area contributed by atoms with Crippen molar-refractivity contribution in [3.05, 3.63) is 35.9 Å². The maximum atomic E-state index is 12.1. The highest BCUT2D eigenvalue weighted by Crippen LogP contribution is 2.27. The van der Waals surface area contributed by atoms with Gasteiger partial charge in [-0.15, -0.1) is 0 Å².